The number of aromatic amines is 2. The summed E-state index contributed by atoms with van der Waals surface area (Å²) >= 11 is 0. The van der Waals surface area contributed by atoms with Gasteiger partial charge in [0.05, 0.1) is 17.7 Å². The molecule has 3 N–H and O–H groups in total. The molecule has 24 heavy (non-hydrogen) atoms. The van der Waals surface area contributed by atoms with E-state index in [-0.39, 0.29) is 18.1 Å². The Morgan fingerprint density at radius 2 is 2.21 bits per heavy atom. The van der Waals surface area contributed by atoms with E-state index in [1.807, 2.05) is 11.0 Å². The molecule has 0 aliphatic carbocycles. The summed E-state index contributed by atoms with van der Waals surface area (Å²) in [6, 6.07) is 1.90. The topological polar surface area (TPSA) is 127 Å². The molecule has 1 aliphatic rings. The van der Waals surface area contributed by atoms with Crippen LogP contribution in [0.2, 0.25) is 0 Å². The predicted octanol–water partition coefficient (Wildman–Crippen LogP) is -0.601. The van der Waals surface area contributed by atoms with Gasteiger partial charge in [-0.25, -0.2) is 9.97 Å². The van der Waals surface area contributed by atoms with Crippen LogP contribution in [0.5, 0.6) is 0 Å². The summed E-state index contributed by atoms with van der Waals surface area (Å²) in [6.45, 7) is 1.64. The van der Waals surface area contributed by atoms with Crippen LogP contribution < -0.4 is 4.90 Å². The van der Waals surface area contributed by atoms with Gasteiger partial charge in [-0.15, -0.1) is 0 Å². The van der Waals surface area contributed by atoms with Crippen LogP contribution in [0.3, 0.4) is 0 Å². The second-order valence-electron chi connectivity index (χ2n) is 5.64. The third kappa shape index (κ3) is 2.56. The van der Waals surface area contributed by atoms with Crippen molar-refractivity contribution in [3.63, 3.8) is 0 Å². The van der Waals surface area contributed by atoms with E-state index in [2.05, 4.69) is 30.4 Å². The molecule has 0 bridgehead atoms. The highest BCUT2D eigenvalue weighted by Crippen LogP contribution is 2.23. The van der Waals surface area contributed by atoms with Crippen molar-refractivity contribution in [1.82, 2.24) is 35.3 Å². The maximum Gasteiger partial charge on any atom is 0.276 e. The molecule has 0 aromatic carbocycles. The number of hydrogen-bond acceptors (Lipinski definition) is 7. The molecule has 1 aliphatic heterocycles. The Hall–Kier alpha value is -3.01. The lowest BCUT2D eigenvalue weighted by Gasteiger charge is -2.23. The summed E-state index contributed by atoms with van der Waals surface area (Å²) < 4.78 is 0. The number of H-pyrrole nitrogens is 2. The highest BCUT2D eigenvalue weighted by Gasteiger charge is 2.27. The van der Waals surface area contributed by atoms with E-state index < -0.39 is 6.10 Å². The number of rotatable bonds is 2. The number of aliphatic hydroxyl groups is 1. The number of hydrogen-bond donors (Lipinski definition) is 3. The summed E-state index contributed by atoms with van der Waals surface area (Å²) in [5, 5.41) is 21.1. The highest BCUT2D eigenvalue weighted by atomic mass is 16.3. The van der Waals surface area contributed by atoms with Crippen LogP contribution in [0, 0.1) is 0 Å². The summed E-state index contributed by atoms with van der Waals surface area (Å²) in [5.41, 5.74) is 0.986. The van der Waals surface area contributed by atoms with Crippen molar-refractivity contribution in [3.8, 4) is 0 Å². The molecule has 1 fully saturated rings. The number of aromatic nitrogens is 6. The fourth-order valence-corrected chi connectivity index (χ4v) is 2.94. The number of nitrogens with zero attached hydrogens (tertiary/aromatic N) is 6. The Bertz CT molecular complexity index is 845. The first kappa shape index (κ1) is 14.6. The van der Waals surface area contributed by atoms with Crippen molar-refractivity contribution < 1.29 is 9.90 Å². The van der Waals surface area contributed by atoms with Crippen LogP contribution in [0.1, 0.15) is 10.5 Å². The zero-order valence-electron chi connectivity index (χ0n) is 12.8. The first-order valence-electron chi connectivity index (χ1n) is 7.58. The molecule has 4 heterocycles. The third-order valence-electron chi connectivity index (χ3n) is 4.06. The summed E-state index contributed by atoms with van der Waals surface area (Å²) in [5.74, 6) is 0.496. The number of aliphatic hydroxyl groups excluding tert-OH is 1. The third-order valence-corrected chi connectivity index (χ3v) is 4.06. The SMILES string of the molecule is O=C(c1cn[nH]n1)N1CCN(c2ncnc3[nH]ccc23)CC(O)C1. The van der Waals surface area contributed by atoms with Crippen molar-refractivity contribution in [2.24, 2.45) is 0 Å². The smallest absolute Gasteiger partial charge is 0.276 e. The van der Waals surface area contributed by atoms with Gasteiger partial charge in [-0.3, -0.25) is 4.79 Å². The molecule has 1 atom stereocenters. The highest BCUT2D eigenvalue weighted by molar-refractivity contribution is 5.92. The zero-order chi connectivity index (χ0) is 16.5. The molecule has 0 spiro atoms. The molecule has 10 nitrogen and oxygen atoms in total. The van der Waals surface area contributed by atoms with Gasteiger partial charge in [0.15, 0.2) is 5.69 Å². The van der Waals surface area contributed by atoms with Crippen LogP contribution in [0.25, 0.3) is 11.0 Å². The van der Waals surface area contributed by atoms with Gasteiger partial charge in [0.1, 0.15) is 17.8 Å². The van der Waals surface area contributed by atoms with E-state index >= 15 is 0 Å². The average molecular weight is 328 g/mol. The fourth-order valence-electron chi connectivity index (χ4n) is 2.94. The first-order valence-corrected chi connectivity index (χ1v) is 7.58. The molecule has 1 unspecified atom stereocenters. The lowest BCUT2D eigenvalue weighted by molar-refractivity contribution is 0.0668. The minimum Gasteiger partial charge on any atom is -0.389 e. The molecule has 1 saturated heterocycles. The number of amides is 1. The Labute approximate surface area is 136 Å². The molecule has 1 amide bonds. The van der Waals surface area contributed by atoms with E-state index in [1.54, 1.807) is 11.1 Å². The van der Waals surface area contributed by atoms with Crippen LogP contribution in [-0.4, -0.2) is 78.6 Å². The molecule has 0 saturated carbocycles. The number of nitrogens with one attached hydrogen (secondary N) is 2. The summed E-state index contributed by atoms with van der Waals surface area (Å²) in [4.78, 5) is 27.5. The Kier molecular flexibility index (Phi) is 3.58. The normalized spacial score (nSPS) is 18.8. The molecule has 124 valence electrons. The van der Waals surface area contributed by atoms with Gasteiger partial charge in [-0.2, -0.15) is 15.4 Å². The maximum absolute atomic E-state index is 12.4. The maximum atomic E-state index is 12.4. The van der Waals surface area contributed by atoms with Crippen LogP contribution in [0.4, 0.5) is 5.82 Å². The Morgan fingerprint density at radius 1 is 1.29 bits per heavy atom. The number of β-amino-alcohol motifs (C(OH)–C–C–N with tert-alkyl or cyclic N) is 1. The van der Waals surface area contributed by atoms with Crippen molar-refractivity contribution in [2.75, 3.05) is 31.1 Å². The first-order chi connectivity index (χ1) is 11.7. The average Bonchev–Trinajstić information content (AvgIpc) is 3.24. The van der Waals surface area contributed by atoms with E-state index in [1.165, 1.54) is 12.5 Å². The standard InChI is InChI=1S/C14H16N8O2/c23-9-6-21(13-10-1-2-15-12(10)16-8-17-13)3-4-22(7-9)14(24)11-5-18-20-19-11/h1-2,5,8-9,23H,3-4,6-7H2,(H,15,16,17)(H,18,19,20). The second-order valence-corrected chi connectivity index (χ2v) is 5.64. The van der Waals surface area contributed by atoms with Gasteiger partial charge in [0.2, 0.25) is 0 Å². The molecule has 4 rings (SSSR count). The van der Waals surface area contributed by atoms with Gasteiger partial charge in [0, 0.05) is 32.4 Å². The van der Waals surface area contributed by atoms with Crippen LogP contribution in [0.15, 0.2) is 24.8 Å². The number of carbonyl (C=O) groups is 1. The zero-order valence-corrected chi connectivity index (χ0v) is 12.8. The summed E-state index contributed by atoms with van der Waals surface area (Å²) in [7, 11) is 0. The largest absolute Gasteiger partial charge is 0.389 e. The molecular weight excluding hydrogens is 312 g/mol. The van der Waals surface area contributed by atoms with Crippen LogP contribution >= 0.6 is 0 Å². The van der Waals surface area contributed by atoms with Gasteiger partial charge < -0.3 is 19.9 Å². The van der Waals surface area contributed by atoms with Crippen molar-refractivity contribution in [3.05, 3.63) is 30.5 Å². The minimum absolute atomic E-state index is 0.240. The quantitative estimate of drug-likeness (QED) is 0.573. The molecule has 3 aromatic rings. The van der Waals surface area contributed by atoms with Crippen molar-refractivity contribution >= 4 is 22.8 Å². The molecular formula is C14H16N8O2. The van der Waals surface area contributed by atoms with E-state index in [4.69, 9.17) is 0 Å². The lowest BCUT2D eigenvalue weighted by Crippen LogP contribution is -2.37. The predicted molar refractivity (Wildman–Crippen MR) is 84.4 cm³/mol. The molecule has 10 heteroatoms. The van der Waals surface area contributed by atoms with E-state index in [9.17, 15) is 9.90 Å². The van der Waals surface area contributed by atoms with Crippen molar-refractivity contribution in [1.29, 1.82) is 0 Å². The molecule has 0 radical (unpaired) electrons. The monoisotopic (exact) mass is 328 g/mol. The number of anilines is 1. The van der Waals surface area contributed by atoms with Crippen LogP contribution in [-0.2, 0) is 0 Å². The Morgan fingerprint density at radius 3 is 3.04 bits per heavy atom. The van der Waals surface area contributed by atoms with E-state index in [0.29, 0.717) is 19.6 Å². The number of carbonyl (C=O) groups excluding carboxylic acids is 1. The van der Waals surface area contributed by atoms with Crippen molar-refractivity contribution in [2.45, 2.75) is 6.10 Å². The van der Waals surface area contributed by atoms with E-state index in [0.717, 1.165) is 16.9 Å². The van der Waals surface area contributed by atoms with Gasteiger partial charge in [0.25, 0.3) is 5.91 Å². The number of fused-ring (bicyclic) bond motifs is 1. The van der Waals surface area contributed by atoms with Gasteiger partial charge in [-0.1, -0.05) is 0 Å². The van der Waals surface area contributed by atoms with Gasteiger partial charge >= 0.3 is 0 Å². The summed E-state index contributed by atoms with van der Waals surface area (Å²) in [6.07, 6.45) is 3.99. The minimum atomic E-state index is -0.688. The lowest BCUT2D eigenvalue weighted by atomic mass is 10.3. The second kappa shape index (κ2) is 5.89. The Balaban J connectivity index is 1.58. The van der Waals surface area contributed by atoms with Gasteiger partial charge in [-0.05, 0) is 6.07 Å². The molecule has 3 aromatic heterocycles. The fraction of sp³-hybridized carbons (Fsp3) is 0.357.